The molecule has 5 heteroatoms. The highest BCUT2D eigenvalue weighted by Crippen LogP contribution is 2.39. The highest BCUT2D eigenvalue weighted by Gasteiger charge is 2.38. The smallest absolute Gasteiger partial charge is 0.407 e. The number of hydrogen-bond acceptors (Lipinski definition) is 2. The standard InChI is InChI=1S/C12H21F2NO2/c1-11(2,3)17-10(16)15-7-5-9-4-6-12(13,14)8-9/h9H,4-8H2,1-3H3,(H,15,16). The molecule has 1 N–H and O–H groups in total. The highest BCUT2D eigenvalue weighted by molar-refractivity contribution is 5.67. The molecule has 1 amide bonds. The van der Waals surface area contributed by atoms with Crippen LogP contribution >= 0.6 is 0 Å². The number of carbonyl (C=O) groups excluding carboxylic acids is 1. The van der Waals surface area contributed by atoms with Crippen molar-refractivity contribution < 1.29 is 18.3 Å². The number of alkyl halides is 2. The first-order valence-corrected chi connectivity index (χ1v) is 6.03. The van der Waals surface area contributed by atoms with Crippen LogP contribution in [0.15, 0.2) is 0 Å². The van der Waals surface area contributed by atoms with Crippen LogP contribution in [0.5, 0.6) is 0 Å². The fourth-order valence-electron chi connectivity index (χ4n) is 1.98. The van der Waals surface area contributed by atoms with E-state index in [9.17, 15) is 13.6 Å². The van der Waals surface area contributed by atoms with Crippen LogP contribution in [0.2, 0.25) is 0 Å². The van der Waals surface area contributed by atoms with Crippen LogP contribution in [0.25, 0.3) is 0 Å². The fraction of sp³-hybridized carbons (Fsp3) is 0.917. The van der Waals surface area contributed by atoms with Crippen molar-refractivity contribution in [3.63, 3.8) is 0 Å². The minimum atomic E-state index is -2.50. The number of ether oxygens (including phenoxy) is 1. The van der Waals surface area contributed by atoms with Crippen LogP contribution in [0, 0.1) is 5.92 Å². The number of carbonyl (C=O) groups is 1. The van der Waals surface area contributed by atoms with Gasteiger partial charge in [0.2, 0.25) is 5.92 Å². The zero-order valence-electron chi connectivity index (χ0n) is 10.7. The summed E-state index contributed by atoms with van der Waals surface area (Å²) in [4.78, 5) is 11.3. The summed E-state index contributed by atoms with van der Waals surface area (Å²) in [5.41, 5.74) is -0.523. The maximum Gasteiger partial charge on any atom is 0.407 e. The second-order valence-corrected chi connectivity index (χ2v) is 5.68. The Balaban J connectivity index is 2.15. The van der Waals surface area contributed by atoms with E-state index in [2.05, 4.69) is 5.32 Å². The summed E-state index contributed by atoms with van der Waals surface area (Å²) >= 11 is 0. The minimum absolute atomic E-state index is 0.0138. The maximum absolute atomic E-state index is 12.9. The molecule has 0 aromatic heterocycles. The van der Waals surface area contributed by atoms with Crippen molar-refractivity contribution in [3.05, 3.63) is 0 Å². The average molecular weight is 249 g/mol. The molecule has 1 rings (SSSR count). The Kier molecular flexibility index (Phi) is 4.33. The fourth-order valence-corrected chi connectivity index (χ4v) is 1.98. The molecule has 0 radical (unpaired) electrons. The molecule has 3 nitrogen and oxygen atoms in total. The Morgan fingerprint density at radius 1 is 1.47 bits per heavy atom. The lowest BCUT2D eigenvalue weighted by atomic mass is 10.0. The van der Waals surface area contributed by atoms with Crippen molar-refractivity contribution in [3.8, 4) is 0 Å². The van der Waals surface area contributed by atoms with E-state index in [1.165, 1.54) is 0 Å². The number of hydrogen-bond donors (Lipinski definition) is 1. The molecule has 1 aliphatic carbocycles. The second-order valence-electron chi connectivity index (χ2n) is 5.68. The van der Waals surface area contributed by atoms with E-state index in [1.54, 1.807) is 20.8 Å². The molecular formula is C12H21F2NO2. The van der Waals surface area contributed by atoms with Gasteiger partial charge in [0.05, 0.1) is 0 Å². The normalized spacial score (nSPS) is 23.5. The number of alkyl carbamates (subject to hydrolysis) is 1. The summed E-state index contributed by atoms with van der Waals surface area (Å²) in [6.45, 7) is 5.74. The summed E-state index contributed by atoms with van der Waals surface area (Å²) in [5, 5.41) is 2.59. The van der Waals surface area contributed by atoms with Crippen LogP contribution < -0.4 is 5.32 Å². The Morgan fingerprint density at radius 3 is 2.59 bits per heavy atom. The van der Waals surface area contributed by atoms with E-state index >= 15 is 0 Å². The van der Waals surface area contributed by atoms with E-state index in [4.69, 9.17) is 4.74 Å². The summed E-state index contributed by atoms with van der Waals surface area (Å²) in [6, 6.07) is 0. The first-order valence-electron chi connectivity index (χ1n) is 6.03. The lowest BCUT2D eigenvalue weighted by Crippen LogP contribution is -2.33. The van der Waals surface area contributed by atoms with E-state index in [0.717, 1.165) is 0 Å². The zero-order chi connectivity index (χ0) is 13.1. The maximum atomic E-state index is 12.9. The molecule has 100 valence electrons. The predicted octanol–water partition coefficient (Wildman–Crippen LogP) is 3.34. The Labute approximate surface area is 101 Å². The molecule has 0 heterocycles. The summed E-state index contributed by atoms with van der Waals surface area (Å²) < 4.78 is 30.8. The van der Waals surface area contributed by atoms with Crippen LogP contribution in [-0.4, -0.2) is 24.2 Å². The van der Waals surface area contributed by atoms with E-state index in [0.29, 0.717) is 19.4 Å². The quantitative estimate of drug-likeness (QED) is 0.833. The van der Waals surface area contributed by atoms with Gasteiger partial charge < -0.3 is 10.1 Å². The Morgan fingerprint density at radius 2 is 2.12 bits per heavy atom. The van der Waals surface area contributed by atoms with Gasteiger partial charge in [-0.15, -0.1) is 0 Å². The van der Waals surface area contributed by atoms with Gasteiger partial charge in [0.15, 0.2) is 0 Å². The molecule has 0 spiro atoms. The molecule has 1 aliphatic rings. The average Bonchev–Trinajstić information content (AvgIpc) is 2.42. The van der Waals surface area contributed by atoms with Crippen molar-refractivity contribution in [1.29, 1.82) is 0 Å². The number of rotatable bonds is 3. The van der Waals surface area contributed by atoms with Gasteiger partial charge in [-0.25, -0.2) is 13.6 Å². The third-order valence-electron chi connectivity index (χ3n) is 2.73. The van der Waals surface area contributed by atoms with Crippen LogP contribution in [0.4, 0.5) is 13.6 Å². The Bertz CT molecular complexity index is 274. The summed E-state index contributed by atoms with van der Waals surface area (Å²) in [6.07, 6.45) is 0.576. The lowest BCUT2D eigenvalue weighted by Gasteiger charge is -2.20. The minimum Gasteiger partial charge on any atom is -0.444 e. The number of nitrogens with one attached hydrogen (secondary N) is 1. The van der Waals surface area contributed by atoms with Gasteiger partial charge in [-0.2, -0.15) is 0 Å². The highest BCUT2D eigenvalue weighted by atomic mass is 19.3. The molecule has 1 atom stereocenters. The molecule has 0 aromatic rings. The molecular weight excluding hydrogens is 228 g/mol. The molecule has 0 bridgehead atoms. The molecule has 1 unspecified atom stereocenters. The first-order chi connectivity index (χ1) is 7.68. The topological polar surface area (TPSA) is 38.3 Å². The van der Waals surface area contributed by atoms with Gasteiger partial charge in [0.1, 0.15) is 5.60 Å². The van der Waals surface area contributed by atoms with Crippen molar-refractivity contribution in [2.24, 2.45) is 5.92 Å². The van der Waals surface area contributed by atoms with E-state index in [-0.39, 0.29) is 18.8 Å². The van der Waals surface area contributed by atoms with Gasteiger partial charge in [0.25, 0.3) is 0 Å². The van der Waals surface area contributed by atoms with E-state index < -0.39 is 17.6 Å². The van der Waals surface area contributed by atoms with Crippen molar-refractivity contribution in [2.75, 3.05) is 6.54 Å². The number of amides is 1. The third kappa shape index (κ3) is 5.84. The predicted molar refractivity (Wildman–Crippen MR) is 61.1 cm³/mol. The number of halogens is 2. The lowest BCUT2D eigenvalue weighted by molar-refractivity contribution is 0.00474. The van der Waals surface area contributed by atoms with Crippen LogP contribution in [0.3, 0.4) is 0 Å². The van der Waals surface area contributed by atoms with Gasteiger partial charge in [-0.3, -0.25) is 0 Å². The molecule has 0 aromatic carbocycles. The van der Waals surface area contributed by atoms with Crippen molar-refractivity contribution >= 4 is 6.09 Å². The zero-order valence-corrected chi connectivity index (χ0v) is 10.7. The first kappa shape index (κ1) is 14.2. The molecule has 1 saturated carbocycles. The Hall–Kier alpha value is -0.870. The molecule has 0 saturated heterocycles. The monoisotopic (exact) mass is 249 g/mol. The van der Waals surface area contributed by atoms with Gasteiger partial charge in [-0.05, 0) is 39.5 Å². The van der Waals surface area contributed by atoms with Gasteiger partial charge in [-0.1, -0.05) is 0 Å². The molecule has 1 fully saturated rings. The van der Waals surface area contributed by atoms with Crippen molar-refractivity contribution in [1.82, 2.24) is 5.32 Å². The van der Waals surface area contributed by atoms with Crippen LogP contribution in [0.1, 0.15) is 46.5 Å². The van der Waals surface area contributed by atoms with E-state index in [1.807, 2.05) is 0 Å². The third-order valence-corrected chi connectivity index (χ3v) is 2.73. The van der Waals surface area contributed by atoms with Crippen LogP contribution in [-0.2, 0) is 4.74 Å². The van der Waals surface area contributed by atoms with Crippen molar-refractivity contribution in [2.45, 2.75) is 58.0 Å². The summed E-state index contributed by atoms with van der Waals surface area (Å²) in [7, 11) is 0. The van der Waals surface area contributed by atoms with Gasteiger partial charge >= 0.3 is 6.09 Å². The molecule has 0 aliphatic heterocycles. The molecule has 17 heavy (non-hydrogen) atoms. The van der Waals surface area contributed by atoms with Gasteiger partial charge in [0, 0.05) is 19.4 Å². The second kappa shape index (κ2) is 5.19. The largest absolute Gasteiger partial charge is 0.444 e. The summed E-state index contributed by atoms with van der Waals surface area (Å²) in [5.74, 6) is -2.49. The SMILES string of the molecule is CC(C)(C)OC(=O)NCCC1CCC(F)(F)C1.